The Kier molecular flexibility index (Phi) is 3.55. The lowest BCUT2D eigenvalue weighted by atomic mass is 10.0. The van der Waals surface area contributed by atoms with Gasteiger partial charge in [0.2, 0.25) is 0 Å². The number of nitrogens with zero attached hydrogens (tertiary/aromatic N) is 3. The molecular formula is C14H17N3O. The van der Waals surface area contributed by atoms with Crippen molar-refractivity contribution in [3.8, 4) is 0 Å². The molecule has 2 rings (SSSR count). The molecule has 0 saturated heterocycles. The predicted molar refractivity (Wildman–Crippen MR) is 69.6 cm³/mol. The summed E-state index contributed by atoms with van der Waals surface area (Å²) in [6, 6.07) is 1.99. The smallest absolute Gasteiger partial charge is 0.181 e. The fourth-order valence-electron chi connectivity index (χ4n) is 1.98. The van der Waals surface area contributed by atoms with Gasteiger partial charge in [0, 0.05) is 25.9 Å². The van der Waals surface area contributed by atoms with E-state index in [0.29, 0.717) is 18.5 Å². The molecule has 0 amide bonds. The summed E-state index contributed by atoms with van der Waals surface area (Å²) in [6.07, 6.45) is 6.65. The largest absolute Gasteiger partial charge is 0.292 e. The maximum Gasteiger partial charge on any atom is 0.181 e. The van der Waals surface area contributed by atoms with Crippen LogP contribution in [-0.4, -0.2) is 20.5 Å². The van der Waals surface area contributed by atoms with E-state index < -0.39 is 0 Å². The van der Waals surface area contributed by atoms with Crippen molar-refractivity contribution in [2.45, 2.75) is 26.7 Å². The summed E-state index contributed by atoms with van der Waals surface area (Å²) >= 11 is 0. The van der Waals surface area contributed by atoms with Crippen molar-refractivity contribution in [2.24, 2.45) is 7.05 Å². The third kappa shape index (κ3) is 2.83. The molecule has 94 valence electrons. The quantitative estimate of drug-likeness (QED) is 0.774. The first-order valence-electron chi connectivity index (χ1n) is 6.00. The number of carbonyl (C=O) groups is 1. The van der Waals surface area contributed by atoms with Gasteiger partial charge in [-0.2, -0.15) is 5.10 Å². The Morgan fingerprint density at radius 1 is 1.33 bits per heavy atom. The van der Waals surface area contributed by atoms with Crippen LogP contribution in [0, 0.1) is 13.8 Å². The highest BCUT2D eigenvalue weighted by molar-refractivity contribution is 5.95. The van der Waals surface area contributed by atoms with E-state index >= 15 is 0 Å². The summed E-state index contributed by atoms with van der Waals surface area (Å²) in [6.45, 7) is 3.90. The highest BCUT2D eigenvalue weighted by Crippen LogP contribution is 2.11. The number of hydrogen-bond acceptors (Lipinski definition) is 3. The molecule has 2 aromatic heterocycles. The van der Waals surface area contributed by atoms with Crippen LogP contribution < -0.4 is 0 Å². The maximum atomic E-state index is 12.1. The number of carbonyl (C=O) groups excluding carboxylic acids is 1. The zero-order valence-electron chi connectivity index (χ0n) is 11.0. The lowest BCUT2D eigenvalue weighted by Crippen LogP contribution is -2.06. The van der Waals surface area contributed by atoms with Crippen LogP contribution in [0.1, 0.15) is 33.6 Å². The van der Waals surface area contributed by atoms with Crippen molar-refractivity contribution < 1.29 is 4.79 Å². The zero-order chi connectivity index (χ0) is 13.1. The highest BCUT2D eigenvalue weighted by atomic mass is 16.1. The van der Waals surface area contributed by atoms with Crippen LogP contribution >= 0.6 is 0 Å². The third-order valence-electron chi connectivity index (χ3n) is 2.88. The molecule has 2 aromatic rings. The summed E-state index contributed by atoms with van der Waals surface area (Å²) in [5, 5.41) is 4.09. The molecule has 0 aromatic carbocycles. The van der Waals surface area contributed by atoms with E-state index in [9.17, 15) is 4.79 Å². The van der Waals surface area contributed by atoms with Gasteiger partial charge in [0.15, 0.2) is 5.78 Å². The fraction of sp³-hybridized carbons (Fsp3) is 0.357. The lowest BCUT2D eigenvalue weighted by Gasteiger charge is -2.04. The van der Waals surface area contributed by atoms with Crippen molar-refractivity contribution in [1.82, 2.24) is 14.8 Å². The summed E-state index contributed by atoms with van der Waals surface area (Å²) < 4.78 is 1.75. The SMILES string of the molecule is Cc1cnc(C(=O)CCc2cnn(C)c2)c(C)c1. The molecule has 0 N–H and O–H groups in total. The molecular weight excluding hydrogens is 226 g/mol. The molecule has 0 radical (unpaired) electrons. The molecule has 0 spiro atoms. The Balaban J connectivity index is 2.03. The Hall–Kier alpha value is -1.97. The van der Waals surface area contributed by atoms with E-state index in [2.05, 4.69) is 10.1 Å². The van der Waals surface area contributed by atoms with Crippen molar-refractivity contribution in [2.75, 3.05) is 0 Å². The first kappa shape index (κ1) is 12.5. The van der Waals surface area contributed by atoms with E-state index in [1.165, 1.54) is 0 Å². The predicted octanol–water partition coefficient (Wildman–Crippen LogP) is 2.25. The van der Waals surface area contributed by atoms with Crippen LogP contribution in [0.4, 0.5) is 0 Å². The van der Waals surface area contributed by atoms with E-state index in [1.54, 1.807) is 17.1 Å². The highest BCUT2D eigenvalue weighted by Gasteiger charge is 2.11. The molecule has 4 heteroatoms. The van der Waals surface area contributed by atoms with Crippen molar-refractivity contribution in [3.63, 3.8) is 0 Å². The second-order valence-electron chi connectivity index (χ2n) is 4.62. The summed E-state index contributed by atoms with van der Waals surface area (Å²) in [5.41, 5.74) is 3.70. The van der Waals surface area contributed by atoms with E-state index in [4.69, 9.17) is 0 Å². The van der Waals surface area contributed by atoms with Crippen LogP contribution in [0.3, 0.4) is 0 Å². The molecule has 18 heavy (non-hydrogen) atoms. The molecule has 0 fully saturated rings. The summed E-state index contributed by atoms with van der Waals surface area (Å²) in [5.74, 6) is 0.0938. The second kappa shape index (κ2) is 5.12. The number of pyridine rings is 1. The summed E-state index contributed by atoms with van der Waals surface area (Å²) in [7, 11) is 1.87. The average Bonchev–Trinajstić information content (AvgIpc) is 2.72. The Morgan fingerprint density at radius 3 is 2.72 bits per heavy atom. The Labute approximate surface area is 107 Å². The molecule has 0 aliphatic rings. The first-order chi connectivity index (χ1) is 8.56. The number of aryl methyl sites for hydroxylation is 4. The van der Waals surface area contributed by atoms with Gasteiger partial charge in [0.1, 0.15) is 5.69 Å². The van der Waals surface area contributed by atoms with Crippen LogP contribution in [0.15, 0.2) is 24.7 Å². The van der Waals surface area contributed by atoms with Crippen LogP contribution in [0.2, 0.25) is 0 Å². The minimum atomic E-state index is 0.0938. The maximum absolute atomic E-state index is 12.1. The van der Waals surface area contributed by atoms with Gasteiger partial charge in [-0.05, 0) is 37.0 Å². The Bertz CT molecular complexity index is 572. The van der Waals surface area contributed by atoms with Crippen LogP contribution in [0.5, 0.6) is 0 Å². The van der Waals surface area contributed by atoms with Gasteiger partial charge in [-0.3, -0.25) is 14.5 Å². The average molecular weight is 243 g/mol. The minimum absolute atomic E-state index is 0.0938. The van der Waals surface area contributed by atoms with Crippen molar-refractivity contribution in [1.29, 1.82) is 0 Å². The fourth-order valence-corrected chi connectivity index (χ4v) is 1.98. The van der Waals surface area contributed by atoms with Gasteiger partial charge >= 0.3 is 0 Å². The number of Topliss-reactive ketones (excluding diaryl/α,β-unsaturated/α-hetero) is 1. The van der Waals surface area contributed by atoms with Crippen molar-refractivity contribution >= 4 is 5.78 Å². The zero-order valence-corrected chi connectivity index (χ0v) is 11.0. The molecule has 0 bridgehead atoms. The first-order valence-corrected chi connectivity index (χ1v) is 6.00. The van der Waals surface area contributed by atoms with E-state index in [-0.39, 0.29) is 5.78 Å². The van der Waals surface area contributed by atoms with Gasteiger partial charge in [0.25, 0.3) is 0 Å². The topological polar surface area (TPSA) is 47.8 Å². The standard InChI is InChI=1S/C14H17N3O/c1-10-6-11(2)14(15-7-10)13(18)5-4-12-8-16-17(3)9-12/h6-9H,4-5H2,1-3H3. The monoisotopic (exact) mass is 243 g/mol. The van der Waals surface area contributed by atoms with Gasteiger partial charge in [-0.1, -0.05) is 6.07 Å². The molecule has 0 aliphatic heterocycles. The van der Waals surface area contributed by atoms with Crippen molar-refractivity contribution in [3.05, 3.63) is 47.0 Å². The van der Waals surface area contributed by atoms with Gasteiger partial charge in [-0.25, -0.2) is 0 Å². The normalized spacial score (nSPS) is 10.6. The number of hydrogen-bond donors (Lipinski definition) is 0. The van der Waals surface area contributed by atoms with E-state index in [1.807, 2.05) is 33.2 Å². The van der Waals surface area contributed by atoms with Gasteiger partial charge in [-0.15, -0.1) is 0 Å². The van der Waals surface area contributed by atoms with Gasteiger partial charge < -0.3 is 0 Å². The number of rotatable bonds is 4. The molecule has 0 atom stereocenters. The van der Waals surface area contributed by atoms with Gasteiger partial charge in [0.05, 0.1) is 6.20 Å². The van der Waals surface area contributed by atoms with E-state index in [0.717, 1.165) is 16.7 Å². The molecule has 0 saturated carbocycles. The molecule has 0 unspecified atom stereocenters. The Morgan fingerprint density at radius 2 is 2.11 bits per heavy atom. The number of aromatic nitrogens is 3. The lowest BCUT2D eigenvalue weighted by molar-refractivity contribution is 0.0977. The minimum Gasteiger partial charge on any atom is -0.292 e. The number of ketones is 1. The van der Waals surface area contributed by atoms with Crippen LogP contribution in [-0.2, 0) is 13.5 Å². The van der Waals surface area contributed by atoms with Crippen LogP contribution in [0.25, 0.3) is 0 Å². The second-order valence-corrected chi connectivity index (χ2v) is 4.62. The molecule has 4 nitrogen and oxygen atoms in total. The summed E-state index contributed by atoms with van der Waals surface area (Å²) in [4.78, 5) is 16.3. The molecule has 0 aliphatic carbocycles. The third-order valence-corrected chi connectivity index (χ3v) is 2.88. The molecule has 2 heterocycles.